The summed E-state index contributed by atoms with van der Waals surface area (Å²) in [5.41, 5.74) is 0. The molecule has 0 radical (unpaired) electrons. The minimum absolute atomic E-state index is 0.0341. The minimum Gasteiger partial charge on any atom is -0.393 e. The molecule has 0 aromatic rings. The summed E-state index contributed by atoms with van der Waals surface area (Å²) in [6.07, 6.45) is 17.1. The molecule has 4 unspecified atom stereocenters. The van der Waals surface area contributed by atoms with Crippen LogP contribution in [0.4, 0.5) is 0 Å². The monoisotopic (exact) mass is 296 g/mol. The molecule has 0 aromatic carbocycles. The van der Waals surface area contributed by atoms with Crippen molar-refractivity contribution >= 4 is 0 Å². The van der Waals surface area contributed by atoms with E-state index in [1.54, 1.807) is 0 Å². The Balaban J connectivity index is 1.55. The van der Waals surface area contributed by atoms with Gasteiger partial charge in [0.2, 0.25) is 0 Å². The molecule has 0 aromatic heterocycles. The van der Waals surface area contributed by atoms with Crippen molar-refractivity contribution in [3.8, 4) is 0 Å². The second kappa shape index (κ2) is 9.84. The molecule has 2 heteroatoms. The van der Waals surface area contributed by atoms with E-state index in [9.17, 15) is 5.11 Å². The van der Waals surface area contributed by atoms with E-state index in [1.165, 1.54) is 70.6 Å². The highest BCUT2D eigenvalue weighted by atomic mass is 16.5. The molecule has 0 aliphatic heterocycles. The summed E-state index contributed by atoms with van der Waals surface area (Å²) in [6.45, 7) is 3.24. The zero-order valence-electron chi connectivity index (χ0n) is 14.1. The molecular formula is C19H36O2. The first-order valence-electron chi connectivity index (χ1n) is 9.61. The van der Waals surface area contributed by atoms with Gasteiger partial charge in [-0.25, -0.2) is 0 Å². The lowest BCUT2D eigenvalue weighted by Crippen LogP contribution is -2.40. The maximum absolute atomic E-state index is 9.83. The number of hydrogen-bond donors (Lipinski definition) is 1. The molecule has 2 saturated carbocycles. The van der Waals surface area contributed by atoms with Gasteiger partial charge in [0.15, 0.2) is 0 Å². The number of fused-ring (bicyclic) bond motifs is 1. The number of unbranched alkanes of at least 4 members (excludes halogenated alkanes) is 6. The largest absolute Gasteiger partial charge is 0.393 e. The van der Waals surface area contributed by atoms with Gasteiger partial charge in [0.1, 0.15) is 0 Å². The van der Waals surface area contributed by atoms with Crippen LogP contribution in [0.3, 0.4) is 0 Å². The Morgan fingerprint density at radius 1 is 0.905 bits per heavy atom. The van der Waals surface area contributed by atoms with E-state index in [4.69, 9.17) is 4.74 Å². The van der Waals surface area contributed by atoms with E-state index < -0.39 is 0 Å². The normalized spacial score (nSPS) is 32.9. The molecule has 0 heterocycles. The van der Waals surface area contributed by atoms with Crippen LogP contribution in [0.5, 0.6) is 0 Å². The molecule has 124 valence electrons. The van der Waals surface area contributed by atoms with Crippen molar-refractivity contribution in [2.24, 2.45) is 11.8 Å². The van der Waals surface area contributed by atoms with Crippen molar-refractivity contribution in [2.75, 3.05) is 6.61 Å². The van der Waals surface area contributed by atoms with E-state index >= 15 is 0 Å². The van der Waals surface area contributed by atoms with Crippen LogP contribution in [-0.4, -0.2) is 23.9 Å². The van der Waals surface area contributed by atoms with E-state index in [2.05, 4.69) is 6.92 Å². The highest BCUT2D eigenvalue weighted by molar-refractivity contribution is 4.88. The Morgan fingerprint density at radius 2 is 1.67 bits per heavy atom. The lowest BCUT2D eigenvalue weighted by atomic mass is 9.68. The van der Waals surface area contributed by atoms with Crippen LogP contribution in [0.25, 0.3) is 0 Å². The first-order valence-corrected chi connectivity index (χ1v) is 9.61. The Labute approximate surface area is 131 Å². The van der Waals surface area contributed by atoms with Gasteiger partial charge in [0.05, 0.1) is 12.2 Å². The number of hydrogen-bond acceptors (Lipinski definition) is 2. The average molecular weight is 296 g/mol. The minimum atomic E-state index is -0.0341. The van der Waals surface area contributed by atoms with Gasteiger partial charge < -0.3 is 9.84 Å². The molecule has 2 aliphatic rings. The number of aliphatic hydroxyl groups is 1. The summed E-state index contributed by atoms with van der Waals surface area (Å²) in [7, 11) is 0. The topological polar surface area (TPSA) is 29.5 Å². The van der Waals surface area contributed by atoms with Crippen molar-refractivity contribution in [3.63, 3.8) is 0 Å². The van der Waals surface area contributed by atoms with Gasteiger partial charge in [-0.15, -0.1) is 0 Å². The summed E-state index contributed by atoms with van der Waals surface area (Å²) in [5.74, 6) is 1.48. The Bertz CT molecular complexity index is 266. The van der Waals surface area contributed by atoms with Gasteiger partial charge >= 0.3 is 0 Å². The van der Waals surface area contributed by atoms with Crippen LogP contribution in [0.15, 0.2) is 0 Å². The van der Waals surface area contributed by atoms with Crippen LogP contribution >= 0.6 is 0 Å². The first kappa shape index (κ1) is 17.3. The van der Waals surface area contributed by atoms with E-state index in [1.807, 2.05) is 0 Å². The molecule has 0 amide bonds. The molecule has 4 atom stereocenters. The van der Waals surface area contributed by atoms with Crippen LogP contribution in [-0.2, 0) is 4.74 Å². The molecule has 1 N–H and O–H groups in total. The van der Waals surface area contributed by atoms with E-state index in [-0.39, 0.29) is 6.10 Å². The van der Waals surface area contributed by atoms with Gasteiger partial charge in [0, 0.05) is 6.61 Å². The fourth-order valence-electron chi connectivity index (χ4n) is 4.38. The Kier molecular flexibility index (Phi) is 8.10. The van der Waals surface area contributed by atoms with Crippen molar-refractivity contribution in [1.29, 1.82) is 0 Å². The SMILES string of the molecule is CCCCCCCCCOC1CCCC2CC(O)CCC21. The maximum atomic E-state index is 9.83. The molecule has 2 aliphatic carbocycles. The van der Waals surface area contributed by atoms with Crippen molar-refractivity contribution < 1.29 is 9.84 Å². The zero-order valence-corrected chi connectivity index (χ0v) is 14.1. The summed E-state index contributed by atoms with van der Waals surface area (Å²) < 4.78 is 6.23. The van der Waals surface area contributed by atoms with Crippen molar-refractivity contribution in [3.05, 3.63) is 0 Å². The van der Waals surface area contributed by atoms with Crippen LogP contribution in [0.2, 0.25) is 0 Å². The van der Waals surface area contributed by atoms with Crippen molar-refractivity contribution in [1.82, 2.24) is 0 Å². The van der Waals surface area contributed by atoms with E-state index in [0.717, 1.165) is 31.3 Å². The summed E-state index contributed by atoms with van der Waals surface area (Å²) in [4.78, 5) is 0. The highest BCUT2D eigenvalue weighted by Gasteiger charge is 2.37. The van der Waals surface area contributed by atoms with Gasteiger partial charge in [-0.05, 0) is 50.4 Å². The third kappa shape index (κ3) is 5.90. The highest BCUT2D eigenvalue weighted by Crippen LogP contribution is 2.41. The van der Waals surface area contributed by atoms with Crippen LogP contribution < -0.4 is 0 Å². The van der Waals surface area contributed by atoms with Crippen molar-refractivity contribution in [2.45, 2.75) is 103 Å². The fourth-order valence-corrected chi connectivity index (χ4v) is 4.38. The average Bonchev–Trinajstić information content (AvgIpc) is 2.49. The third-order valence-corrected chi connectivity index (χ3v) is 5.63. The molecule has 2 fully saturated rings. The fraction of sp³-hybridized carbons (Fsp3) is 1.00. The number of rotatable bonds is 9. The molecule has 0 spiro atoms. The molecule has 2 rings (SSSR count). The summed E-state index contributed by atoms with van der Waals surface area (Å²) in [6, 6.07) is 0. The Morgan fingerprint density at radius 3 is 2.48 bits per heavy atom. The van der Waals surface area contributed by atoms with Gasteiger partial charge in [-0.3, -0.25) is 0 Å². The summed E-state index contributed by atoms with van der Waals surface area (Å²) >= 11 is 0. The molecule has 0 bridgehead atoms. The predicted molar refractivity (Wildman–Crippen MR) is 88.4 cm³/mol. The van der Waals surface area contributed by atoms with Crippen LogP contribution in [0.1, 0.15) is 90.4 Å². The summed E-state index contributed by atoms with van der Waals surface area (Å²) in [5, 5.41) is 9.83. The second-order valence-electron chi connectivity index (χ2n) is 7.35. The molecule has 0 saturated heterocycles. The second-order valence-corrected chi connectivity index (χ2v) is 7.35. The lowest BCUT2D eigenvalue weighted by molar-refractivity contribution is -0.0665. The first-order chi connectivity index (χ1) is 10.3. The van der Waals surface area contributed by atoms with Crippen LogP contribution in [0, 0.1) is 11.8 Å². The lowest BCUT2D eigenvalue weighted by Gasteiger charge is -2.42. The standard InChI is InChI=1S/C19H36O2/c1-2-3-4-5-6-7-8-14-21-19-11-9-10-16-15-17(20)12-13-18(16)19/h16-20H,2-15H2,1H3. The molecule has 2 nitrogen and oxygen atoms in total. The number of ether oxygens (including phenoxy) is 1. The third-order valence-electron chi connectivity index (χ3n) is 5.63. The quantitative estimate of drug-likeness (QED) is 0.601. The van der Waals surface area contributed by atoms with Gasteiger partial charge in [-0.1, -0.05) is 51.9 Å². The Hall–Kier alpha value is -0.0800. The van der Waals surface area contributed by atoms with Gasteiger partial charge in [-0.2, -0.15) is 0 Å². The number of aliphatic hydroxyl groups excluding tert-OH is 1. The molecule has 21 heavy (non-hydrogen) atoms. The van der Waals surface area contributed by atoms with Gasteiger partial charge in [0.25, 0.3) is 0 Å². The smallest absolute Gasteiger partial charge is 0.0605 e. The predicted octanol–water partition coefficient (Wildman–Crippen LogP) is 5.08. The van der Waals surface area contributed by atoms with E-state index in [0.29, 0.717) is 6.10 Å². The zero-order chi connectivity index (χ0) is 14.9. The molecular weight excluding hydrogens is 260 g/mol. The maximum Gasteiger partial charge on any atom is 0.0605 e.